The van der Waals surface area contributed by atoms with E-state index in [9.17, 15) is 24.0 Å². The van der Waals surface area contributed by atoms with Crippen LogP contribution in [0.4, 0.5) is 0 Å². The van der Waals surface area contributed by atoms with Crippen molar-refractivity contribution in [2.24, 2.45) is 5.92 Å². The van der Waals surface area contributed by atoms with Gasteiger partial charge in [0.15, 0.2) is 6.61 Å². The third-order valence-corrected chi connectivity index (χ3v) is 9.38. The van der Waals surface area contributed by atoms with Gasteiger partial charge >= 0.3 is 0 Å². The number of rotatable bonds is 2. The fraction of sp³-hybridized carbons (Fsp3) is 0.457. The Morgan fingerprint density at radius 3 is 2.47 bits per heavy atom. The summed E-state index contributed by atoms with van der Waals surface area (Å²) in [5.74, 6) is -1.76. The second kappa shape index (κ2) is 13.5. The van der Waals surface area contributed by atoms with Crippen molar-refractivity contribution < 1.29 is 28.7 Å². The van der Waals surface area contributed by atoms with Gasteiger partial charge in [0, 0.05) is 36.1 Å². The summed E-state index contributed by atoms with van der Waals surface area (Å²) < 4.78 is 5.71. The SMILES string of the molecule is CC(C)[C@H]1NC(=O)COc2ccc(cc2)C[C@@H](C(=O)N2CCc3c([nH]c4ccccc34)C2)NC(=O)[C@H](C)NC(=O)[C@@H]2CCCN2C1=O. The van der Waals surface area contributed by atoms with Crippen LogP contribution in [0.25, 0.3) is 10.9 Å². The number of H-pyrrole nitrogens is 1. The number of para-hydroxylation sites is 1. The highest BCUT2D eigenvalue weighted by molar-refractivity contribution is 5.96. The molecule has 3 aromatic rings. The van der Waals surface area contributed by atoms with Crippen LogP contribution in [0.2, 0.25) is 0 Å². The summed E-state index contributed by atoms with van der Waals surface area (Å²) in [6.07, 6.45) is 1.95. The maximum Gasteiger partial charge on any atom is 0.258 e. The molecule has 0 radical (unpaired) electrons. The average molecular weight is 643 g/mol. The zero-order valence-electron chi connectivity index (χ0n) is 27.0. The van der Waals surface area contributed by atoms with Crippen molar-refractivity contribution >= 4 is 40.4 Å². The molecule has 4 aliphatic heterocycles. The lowest BCUT2D eigenvalue weighted by molar-refractivity contribution is -0.143. The fourth-order valence-corrected chi connectivity index (χ4v) is 6.79. The van der Waals surface area contributed by atoms with E-state index in [0.29, 0.717) is 44.6 Å². The molecule has 7 rings (SSSR count). The summed E-state index contributed by atoms with van der Waals surface area (Å²) >= 11 is 0. The van der Waals surface area contributed by atoms with Crippen LogP contribution >= 0.6 is 0 Å². The number of amides is 5. The number of benzene rings is 2. The normalized spacial score (nSPS) is 24.4. The molecule has 0 aliphatic carbocycles. The van der Waals surface area contributed by atoms with E-state index in [2.05, 4.69) is 27.0 Å². The van der Waals surface area contributed by atoms with Crippen LogP contribution in [0.15, 0.2) is 48.5 Å². The molecule has 4 N–H and O–H groups in total. The van der Waals surface area contributed by atoms with Crippen LogP contribution in [0.3, 0.4) is 0 Å². The highest BCUT2D eigenvalue weighted by Gasteiger charge is 2.40. The first-order valence-electron chi connectivity index (χ1n) is 16.4. The van der Waals surface area contributed by atoms with E-state index >= 15 is 0 Å². The molecule has 0 saturated carbocycles. The Bertz CT molecular complexity index is 1680. The maximum absolute atomic E-state index is 14.1. The smallest absolute Gasteiger partial charge is 0.258 e. The van der Waals surface area contributed by atoms with E-state index in [1.807, 2.05) is 32.0 Å². The number of hydrogen-bond acceptors (Lipinski definition) is 6. The molecular formula is C35H42N6O6. The quantitative estimate of drug-likeness (QED) is 0.335. The predicted octanol–water partition coefficient (Wildman–Crippen LogP) is 1.81. The highest BCUT2D eigenvalue weighted by Crippen LogP contribution is 2.28. The highest BCUT2D eigenvalue weighted by atomic mass is 16.5. The van der Waals surface area contributed by atoms with Crippen molar-refractivity contribution in [3.05, 3.63) is 65.4 Å². The Kier molecular flexibility index (Phi) is 9.19. The van der Waals surface area contributed by atoms with Crippen LogP contribution < -0.4 is 20.7 Å². The minimum atomic E-state index is -0.963. The molecule has 5 amide bonds. The van der Waals surface area contributed by atoms with Gasteiger partial charge in [0.2, 0.25) is 23.6 Å². The standard InChI is InChI=1S/C35H42N6O6/c1-20(2)31-35(46)41-15-6-9-29(41)33(44)36-21(3)32(43)38-27(17-22-10-12-23(13-11-22)47-19-30(42)39-31)34(45)40-16-14-25-24-7-4-5-8-26(24)37-28(25)18-40/h4-5,7-8,10-13,20-21,27,29,31,37H,6,9,14-19H2,1-3H3,(H,36,44)(H,38,43)(H,39,42)/t21-,27-,29-,31+/m0/s1. The van der Waals surface area contributed by atoms with Gasteiger partial charge in [-0.15, -0.1) is 0 Å². The fourth-order valence-electron chi connectivity index (χ4n) is 6.79. The number of ether oxygens (including phenoxy) is 1. The number of aromatic nitrogens is 1. The Morgan fingerprint density at radius 1 is 0.936 bits per heavy atom. The van der Waals surface area contributed by atoms with E-state index in [1.165, 1.54) is 10.5 Å². The first-order valence-corrected chi connectivity index (χ1v) is 16.4. The Balaban J connectivity index is 1.25. The third kappa shape index (κ3) is 6.81. The van der Waals surface area contributed by atoms with Crippen molar-refractivity contribution in [3.63, 3.8) is 0 Å². The maximum atomic E-state index is 14.1. The van der Waals surface area contributed by atoms with E-state index in [-0.39, 0.29) is 30.8 Å². The zero-order chi connectivity index (χ0) is 33.2. The molecule has 4 aliphatic rings. The predicted molar refractivity (Wildman–Crippen MR) is 174 cm³/mol. The number of carbonyl (C=O) groups excluding carboxylic acids is 5. The number of carbonyl (C=O) groups is 5. The number of aromatic amines is 1. The molecule has 2 aromatic carbocycles. The van der Waals surface area contributed by atoms with Gasteiger partial charge in [-0.2, -0.15) is 0 Å². The molecule has 248 valence electrons. The summed E-state index contributed by atoms with van der Waals surface area (Å²) in [6, 6.07) is 11.6. The van der Waals surface area contributed by atoms with Gasteiger partial charge in [-0.25, -0.2) is 0 Å². The lowest BCUT2D eigenvalue weighted by Crippen LogP contribution is -2.58. The van der Waals surface area contributed by atoms with Gasteiger partial charge in [0.25, 0.3) is 5.91 Å². The third-order valence-electron chi connectivity index (χ3n) is 9.38. The zero-order valence-corrected chi connectivity index (χ0v) is 27.0. The van der Waals surface area contributed by atoms with E-state index in [1.54, 1.807) is 36.1 Å². The van der Waals surface area contributed by atoms with Crippen molar-refractivity contribution in [3.8, 4) is 5.75 Å². The van der Waals surface area contributed by atoms with Crippen LogP contribution in [0, 0.1) is 5.92 Å². The molecule has 12 nitrogen and oxygen atoms in total. The van der Waals surface area contributed by atoms with Crippen LogP contribution in [0.1, 0.15) is 50.4 Å². The molecule has 0 spiro atoms. The molecule has 4 atom stereocenters. The number of nitrogens with zero attached hydrogens (tertiary/aromatic N) is 2. The summed E-state index contributed by atoms with van der Waals surface area (Å²) in [5, 5.41) is 9.61. The first kappa shape index (κ1) is 32.1. The van der Waals surface area contributed by atoms with Crippen LogP contribution in [-0.2, 0) is 43.4 Å². The van der Waals surface area contributed by atoms with Gasteiger partial charge in [-0.3, -0.25) is 24.0 Å². The minimum Gasteiger partial charge on any atom is -0.484 e. The molecule has 12 heteroatoms. The van der Waals surface area contributed by atoms with Gasteiger partial charge in [-0.1, -0.05) is 44.2 Å². The van der Waals surface area contributed by atoms with E-state index in [4.69, 9.17) is 4.74 Å². The van der Waals surface area contributed by atoms with Crippen molar-refractivity contribution in [1.82, 2.24) is 30.7 Å². The molecule has 0 unspecified atom stereocenters. The van der Waals surface area contributed by atoms with Gasteiger partial charge < -0.3 is 35.5 Å². The van der Waals surface area contributed by atoms with Gasteiger partial charge in [0.1, 0.15) is 29.9 Å². The first-order chi connectivity index (χ1) is 22.6. The Hall–Kier alpha value is -4.87. The number of hydrogen-bond donors (Lipinski definition) is 4. The minimum absolute atomic E-state index is 0.211. The number of fused-ring (bicyclic) bond motifs is 16. The van der Waals surface area contributed by atoms with Crippen LogP contribution in [-0.4, -0.2) is 88.2 Å². The van der Waals surface area contributed by atoms with Crippen molar-refractivity contribution in [2.45, 2.75) is 77.2 Å². The largest absolute Gasteiger partial charge is 0.484 e. The molecule has 47 heavy (non-hydrogen) atoms. The summed E-state index contributed by atoms with van der Waals surface area (Å²) in [5.41, 5.74) is 3.99. The molecule has 2 bridgehead atoms. The van der Waals surface area contributed by atoms with Crippen molar-refractivity contribution in [1.29, 1.82) is 0 Å². The average Bonchev–Trinajstić information content (AvgIpc) is 3.70. The van der Waals surface area contributed by atoms with E-state index in [0.717, 1.165) is 22.2 Å². The molecule has 1 fully saturated rings. The second-order valence-corrected chi connectivity index (χ2v) is 13.0. The summed E-state index contributed by atoms with van der Waals surface area (Å²) in [7, 11) is 0. The summed E-state index contributed by atoms with van der Waals surface area (Å²) in [4.78, 5) is 74.2. The molecule has 1 aromatic heterocycles. The van der Waals surface area contributed by atoms with Crippen LogP contribution in [0.5, 0.6) is 5.75 Å². The topological polar surface area (TPSA) is 153 Å². The van der Waals surface area contributed by atoms with E-state index < -0.39 is 41.9 Å². The number of nitrogens with one attached hydrogen (secondary N) is 4. The Morgan fingerprint density at radius 2 is 1.70 bits per heavy atom. The lowest BCUT2D eigenvalue weighted by atomic mass is 10.0. The van der Waals surface area contributed by atoms with Gasteiger partial charge in [0.05, 0.1) is 6.54 Å². The Labute approximate surface area is 273 Å². The van der Waals surface area contributed by atoms with Gasteiger partial charge in [-0.05, 0) is 61.4 Å². The van der Waals surface area contributed by atoms with Crippen molar-refractivity contribution in [2.75, 3.05) is 19.7 Å². The monoisotopic (exact) mass is 642 g/mol. The molecular weight excluding hydrogens is 600 g/mol. The summed E-state index contributed by atoms with van der Waals surface area (Å²) in [6.45, 7) is 6.19. The molecule has 1 saturated heterocycles. The second-order valence-electron chi connectivity index (χ2n) is 13.0. The lowest BCUT2D eigenvalue weighted by Gasteiger charge is -2.32. The molecule has 5 heterocycles.